The molecule has 166 valence electrons. The van der Waals surface area contributed by atoms with Gasteiger partial charge in [0, 0.05) is 25.6 Å². The quantitative estimate of drug-likeness (QED) is 0.458. The smallest absolute Gasteiger partial charge is 0.0977 e. The molecule has 3 rings (SSSR count). The van der Waals surface area contributed by atoms with Gasteiger partial charge in [-0.05, 0) is 17.5 Å². The molecule has 4 heteroatoms. The number of rotatable bonds is 11. The van der Waals surface area contributed by atoms with Gasteiger partial charge in [-0.1, -0.05) is 99.7 Å². The average molecular weight is 432 g/mol. The molecule has 2 aromatic rings. The summed E-state index contributed by atoms with van der Waals surface area (Å²) in [7, 11) is 0. The highest BCUT2D eigenvalue weighted by atomic mass is 35.5. The van der Waals surface area contributed by atoms with E-state index in [0.29, 0.717) is 0 Å². The van der Waals surface area contributed by atoms with Crippen LogP contribution < -0.4 is 0 Å². The van der Waals surface area contributed by atoms with Crippen molar-refractivity contribution in [2.24, 2.45) is 0 Å². The van der Waals surface area contributed by atoms with E-state index in [1.54, 1.807) is 0 Å². The normalized spacial score (nSPS) is 17.7. The van der Waals surface area contributed by atoms with Crippen molar-refractivity contribution in [1.29, 1.82) is 0 Å². The third-order valence-electron chi connectivity index (χ3n) is 6.26. The summed E-state index contributed by atoms with van der Waals surface area (Å²) in [6, 6.07) is 20.9. The number of hydrogen-bond donors (Lipinski definition) is 1. The summed E-state index contributed by atoms with van der Waals surface area (Å²) in [6.07, 6.45) is 6.80. The largest absolute Gasteiger partial charge is 0.384 e. The van der Waals surface area contributed by atoms with Crippen molar-refractivity contribution >= 4 is 12.4 Å². The molecule has 1 fully saturated rings. The zero-order chi connectivity index (χ0) is 20.4. The van der Waals surface area contributed by atoms with Crippen molar-refractivity contribution in [3.63, 3.8) is 0 Å². The maximum Gasteiger partial charge on any atom is 0.0977 e. The predicted molar refractivity (Wildman–Crippen MR) is 127 cm³/mol. The molecule has 1 saturated heterocycles. The monoisotopic (exact) mass is 431 g/mol. The molecular weight excluding hydrogens is 394 g/mol. The first-order valence-electron chi connectivity index (χ1n) is 11.4. The molecule has 3 nitrogen and oxygen atoms in total. The number of aliphatic hydroxyl groups is 1. The van der Waals surface area contributed by atoms with E-state index < -0.39 is 5.60 Å². The van der Waals surface area contributed by atoms with Gasteiger partial charge in [-0.3, -0.25) is 4.90 Å². The Morgan fingerprint density at radius 1 is 0.900 bits per heavy atom. The van der Waals surface area contributed by atoms with Crippen molar-refractivity contribution in [2.45, 2.75) is 57.0 Å². The average Bonchev–Trinajstić information content (AvgIpc) is 2.79. The Balaban J connectivity index is 0.00000320. The molecule has 1 N–H and O–H groups in total. The maximum absolute atomic E-state index is 12.2. The van der Waals surface area contributed by atoms with Gasteiger partial charge in [0.15, 0.2) is 0 Å². The lowest BCUT2D eigenvalue weighted by molar-refractivity contribution is -0.0296. The fraction of sp³-hybridized carbons (Fsp3) is 0.538. The van der Waals surface area contributed by atoms with E-state index in [0.717, 1.165) is 51.3 Å². The van der Waals surface area contributed by atoms with E-state index in [9.17, 15) is 5.11 Å². The van der Waals surface area contributed by atoms with E-state index in [1.165, 1.54) is 31.2 Å². The third kappa shape index (κ3) is 6.81. The molecule has 0 saturated carbocycles. The summed E-state index contributed by atoms with van der Waals surface area (Å²) < 4.78 is 5.56. The van der Waals surface area contributed by atoms with Gasteiger partial charge in [-0.25, -0.2) is 0 Å². The Bertz CT molecular complexity index is 691. The molecule has 2 atom stereocenters. The van der Waals surface area contributed by atoms with Gasteiger partial charge in [-0.15, -0.1) is 12.4 Å². The number of benzene rings is 2. The van der Waals surface area contributed by atoms with E-state index in [4.69, 9.17) is 4.74 Å². The summed E-state index contributed by atoms with van der Waals surface area (Å²) in [5.41, 5.74) is 1.39. The van der Waals surface area contributed by atoms with Gasteiger partial charge in [0.2, 0.25) is 0 Å². The van der Waals surface area contributed by atoms with Crippen LogP contribution in [0.4, 0.5) is 0 Å². The Morgan fingerprint density at radius 2 is 1.50 bits per heavy atom. The van der Waals surface area contributed by atoms with Crippen molar-refractivity contribution in [3.05, 3.63) is 71.8 Å². The second-order valence-corrected chi connectivity index (χ2v) is 8.33. The fourth-order valence-corrected chi connectivity index (χ4v) is 4.50. The Kier molecular flexibility index (Phi) is 10.9. The summed E-state index contributed by atoms with van der Waals surface area (Å²) >= 11 is 0. The SMILES string of the molecule is CCCCCCCC(O)(c1ccccc1)C(CN1CCOCC1)c1ccccc1.Cl. The first-order chi connectivity index (χ1) is 14.2. The van der Waals surface area contributed by atoms with Crippen molar-refractivity contribution in [3.8, 4) is 0 Å². The number of nitrogens with zero attached hydrogens (tertiary/aromatic N) is 1. The van der Waals surface area contributed by atoms with Crippen LogP contribution in [0.1, 0.15) is 62.5 Å². The van der Waals surface area contributed by atoms with Crippen molar-refractivity contribution < 1.29 is 9.84 Å². The van der Waals surface area contributed by atoms with Gasteiger partial charge >= 0.3 is 0 Å². The summed E-state index contributed by atoms with van der Waals surface area (Å²) in [6.45, 7) is 6.53. The molecule has 0 aromatic heterocycles. The molecule has 1 aliphatic heterocycles. The highest BCUT2D eigenvalue weighted by Gasteiger charge is 2.39. The van der Waals surface area contributed by atoms with Crippen LogP contribution in [-0.4, -0.2) is 42.9 Å². The zero-order valence-corrected chi connectivity index (χ0v) is 19.2. The summed E-state index contributed by atoms with van der Waals surface area (Å²) in [5, 5.41) is 12.2. The van der Waals surface area contributed by atoms with Crippen molar-refractivity contribution in [2.75, 3.05) is 32.8 Å². The lowest BCUT2D eigenvalue weighted by atomic mass is 9.74. The number of halogens is 1. The van der Waals surface area contributed by atoms with E-state index in [1.807, 2.05) is 18.2 Å². The van der Waals surface area contributed by atoms with Gasteiger partial charge in [0.25, 0.3) is 0 Å². The second kappa shape index (κ2) is 13.1. The van der Waals surface area contributed by atoms with Crippen LogP contribution in [0.25, 0.3) is 0 Å². The molecule has 0 amide bonds. The highest BCUT2D eigenvalue weighted by Crippen LogP contribution is 2.42. The van der Waals surface area contributed by atoms with E-state index >= 15 is 0 Å². The molecule has 2 unspecified atom stereocenters. The second-order valence-electron chi connectivity index (χ2n) is 8.33. The lowest BCUT2D eigenvalue weighted by Gasteiger charge is -2.41. The van der Waals surface area contributed by atoms with Crippen LogP contribution in [0.3, 0.4) is 0 Å². The minimum Gasteiger partial charge on any atom is -0.384 e. The highest BCUT2D eigenvalue weighted by molar-refractivity contribution is 5.85. The van der Waals surface area contributed by atoms with Crippen LogP contribution in [0.5, 0.6) is 0 Å². The van der Waals surface area contributed by atoms with Gasteiger partial charge < -0.3 is 9.84 Å². The molecular formula is C26H38ClNO2. The summed E-state index contributed by atoms with van der Waals surface area (Å²) in [5.74, 6) is 0.0374. The summed E-state index contributed by atoms with van der Waals surface area (Å²) in [4.78, 5) is 2.45. The van der Waals surface area contributed by atoms with Crippen LogP contribution in [0.15, 0.2) is 60.7 Å². The maximum atomic E-state index is 12.2. The first kappa shape index (κ1) is 24.9. The minimum absolute atomic E-state index is 0. The topological polar surface area (TPSA) is 32.7 Å². The zero-order valence-electron chi connectivity index (χ0n) is 18.3. The van der Waals surface area contributed by atoms with Gasteiger partial charge in [0.1, 0.15) is 0 Å². The fourth-order valence-electron chi connectivity index (χ4n) is 4.50. The molecule has 1 heterocycles. The minimum atomic E-state index is -0.868. The van der Waals surface area contributed by atoms with Crippen LogP contribution >= 0.6 is 12.4 Å². The molecule has 0 radical (unpaired) electrons. The Labute approximate surface area is 188 Å². The first-order valence-corrected chi connectivity index (χ1v) is 11.4. The standard InChI is InChI=1S/C26H37NO2.ClH/c1-2-3-4-5-12-17-26(28,24-15-10-7-11-16-24)25(23-13-8-6-9-14-23)22-27-18-20-29-21-19-27;/h6-11,13-16,25,28H,2-5,12,17-22H2,1H3;1H. The number of morpholine rings is 1. The number of hydrogen-bond acceptors (Lipinski definition) is 3. The van der Waals surface area contributed by atoms with Crippen LogP contribution in [0.2, 0.25) is 0 Å². The third-order valence-corrected chi connectivity index (χ3v) is 6.26. The molecule has 2 aromatic carbocycles. The van der Waals surface area contributed by atoms with Gasteiger partial charge in [0.05, 0.1) is 18.8 Å². The Hall–Kier alpha value is -1.39. The lowest BCUT2D eigenvalue weighted by Crippen LogP contribution is -2.45. The number of unbranched alkanes of at least 4 members (excludes halogenated alkanes) is 4. The number of ether oxygens (including phenoxy) is 1. The molecule has 0 aliphatic carbocycles. The van der Waals surface area contributed by atoms with Crippen molar-refractivity contribution in [1.82, 2.24) is 4.90 Å². The predicted octanol–water partition coefficient (Wildman–Crippen LogP) is 5.77. The van der Waals surface area contributed by atoms with Gasteiger partial charge in [-0.2, -0.15) is 0 Å². The Morgan fingerprint density at radius 3 is 2.13 bits per heavy atom. The molecule has 0 bridgehead atoms. The van der Waals surface area contributed by atoms with Crippen LogP contribution in [0, 0.1) is 0 Å². The molecule has 1 aliphatic rings. The molecule has 30 heavy (non-hydrogen) atoms. The van der Waals surface area contributed by atoms with E-state index in [2.05, 4.69) is 54.3 Å². The van der Waals surface area contributed by atoms with Crippen LogP contribution in [-0.2, 0) is 10.3 Å². The molecule has 0 spiro atoms. The van der Waals surface area contributed by atoms with E-state index in [-0.39, 0.29) is 18.3 Å².